The maximum atomic E-state index is 11.8. The number of hydrogen-bond donors (Lipinski definition) is 2. The Morgan fingerprint density at radius 1 is 1.15 bits per heavy atom. The fraction of sp³-hybridized carbons (Fsp3) is 0.370. The van der Waals surface area contributed by atoms with E-state index in [2.05, 4.69) is 4.98 Å². The lowest BCUT2D eigenvalue weighted by Gasteiger charge is -2.21. The van der Waals surface area contributed by atoms with Gasteiger partial charge in [0, 0.05) is 24.8 Å². The maximum absolute atomic E-state index is 11.8. The Bertz CT molecular complexity index is 1050. The van der Waals surface area contributed by atoms with E-state index in [0.29, 0.717) is 31.3 Å². The van der Waals surface area contributed by atoms with Crippen LogP contribution >= 0.6 is 0 Å². The highest BCUT2D eigenvalue weighted by atomic mass is 16.5. The first kappa shape index (κ1) is 25.2. The van der Waals surface area contributed by atoms with E-state index in [-0.39, 0.29) is 6.42 Å². The Morgan fingerprint density at radius 3 is 2.53 bits per heavy atom. The molecular weight excluding hydrogens is 432 g/mol. The van der Waals surface area contributed by atoms with Crippen molar-refractivity contribution in [3.63, 3.8) is 0 Å². The lowest BCUT2D eigenvalue weighted by Crippen LogP contribution is -2.33. The van der Waals surface area contributed by atoms with E-state index in [9.17, 15) is 9.90 Å². The number of carboxylic acids is 1. The van der Waals surface area contributed by atoms with E-state index in [4.69, 9.17) is 19.3 Å². The number of benzene rings is 2. The topological polar surface area (TPSA) is 106 Å². The van der Waals surface area contributed by atoms with Crippen LogP contribution in [0, 0.1) is 18.3 Å². The second kappa shape index (κ2) is 12.7. The molecule has 0 radical (unpaired) electrons. The summed E-state index contributed by atoms with van der Waals surface area (Å²) in [6.45, 7) is 4.83. The van der Waals surface area contributed by atoms with Gasteiger partial charge in [0.25, 0.3) is 0 Å². The number of unbranched alkanes of at least 4 members (excludes halogenated alkanes) is 1. The van der Waals surface area contributed by atoms with Crippen LogP contribution in [0.5, 0.6) is 5.75 Å². The Balaban J connectivity index is 1.54. The number of ether oxygens (including phenoxy) is 2. The molecule has 0 fully saturated rings. The fourth-order valence-electron chi connectivity index (χ4n) is 3.59. The predicted octanol–water partition coefficient (Wildman–Crippen LogP) is 5.35. The monoisotopic (exact) mass is 464 g/mol. The van der Waals surface area contributed by atoms with Gasteiger partial charge in [0.15, 0.2) is 0 Å². The smallest absolute Gasteiger partial charge is 0.309 e. The number of hydrogen-bond acceptors (Lipinski definition) is 6. The van der Waals surface area contributed by atoms with E-state index in [1.54, 1.807) is 0 Å². The van der Waals surface area contributed by atoms with E-state index >= 15 is 0 Å². The van der Waals surface area contributed by atoms with Crippen molar-refractivity contribution in [2.24, 2.45) is 5.92 Å². The van der Waals surface area contributed by atoms with Crippen molar-refractivity contribution < 1.29 is 23.8 Å². The summed E-state index contributed by atoms with van der Waals surface area (Å²) in [5.41, 5.74) is 2.65. The van der Waals surface area contributed by atoms with Crippen molar-refractivity contribution in [2.45, 2.75) is 45.6 Å². The largest absolute Gasteiger partial charge is 0.493 e. The molecule has 1 aromatic heterocycles. The summed E-state index contributed by atoms with van der Waals surface area (Å²) < 4.78 is 17.3. The van der Waals surface area contributed by atoms with Crippen LogP contribution in [0.1, 0.15) is 36.8 Å². The van der Waals surface area contributed by atoms with Gasteiger partial charge in [0.05, 0.1) is 18.2 Å². The average molecular weight is 465 g/mol. The molecule has 0 aliphatic rings. The van der Waals surface area contributed by atoms with Gasteiger partial charge in [-0.2, -0.15) is 0 Å². The highest BCUT2D eigenvalue weighted by Crippen LogP contribution is 2.22. The lowest BCUT2D eigenvalue weighted by molar-refractivity contribution is -0.145. The van der Waals surface area contributed by atoms with Crippen molar-refractivity contribution in [1.82, 2.24) is 4.98 Å². The summed E-state index contributed by atoms with van der Waals surface area (Å²) in [4.78, 5) is 16.4. The summed E-state index contributed by atoms with van der Waals surface area (Å²) in [5.74, 6) is 0.299. The molecule has 0 bridgehead atoms. The highest BCUT2D eigenvalue weighted by molar-refractivity contribution is 5.77. The van der Waals surface area contributed by atoms with Crippen LogP contribution in [-0.4, -0.2) is 41.6 Å². The van der Waals surface area contributed by atoms with Gasteiger partial charge in [-0.25, -0.2) is 4.98 Å². The Morgan fingerprint density at radius 2 is 1.88 bits per heavy atom. The van der Waals surface area contributed by atoms with E-state index in [1.165, 1.54) is 0 Å². The number of aromatic nitrogens is 1. The van der Waals surface area contributed by atoms with E-state index < -0.39 is 18.0 Å². The number of oxazole rings is 1. The molecule has 2 aromatic carbocycles. The van der Waals surface area contributed by atoms with Gasteiger partial charge >= 0.3 is 5.97 Å². The standard InChI is InChI=1S/C27H32N2O5/c1-3-4-15-33-25(18-28)23(27(30)31)17-20-10-12-22(13-11-20)32-16-14-24-19(2)34-26(29-24)21-8-6-5-7-9-21/h5-13,18,23,25,28H,3-4,14-17H2,1-2H3,(H,30,31). The zero-order valence-electron chi connectivity index (χ0n) is 19.7. The van der Waals surface area contributed by atoms with Gasteiger partial charge < -0.3 is 24.4 Å². The molecule has 7 nitrogen and oxygen atoms in total. The second-order valence-corrected chi connectivity index (χ2v) is 8.13. The number of nitrogens with zero attached hydrogens (tertiary/aromatic N) is 1. The third-order valence-electron chi connectivity index (χ3n) is 5.59. The Hall–Kier alpha value is -3.45. The maximum Gasteiger partial charge on any atom is 0.309 e. The quantitative estimate of drug-likeness (QED) is 0.246. The molecule has 0 spiro atoms. The molecule has 0 saturated heterocycles. The molecule has 180 valence electrons. The summed E-state index contributed by atoms with van der Waals surface area (Å²) >= 11 is 0. The number of carboxylic acid groups (broad SMARTS) is 1. The van der Waals surface area contributed by atoms with Crippen LogP contribution < -0.4 is 4.74 Å². The number of carbonyl (C=O) groups is 1. The van der Waals surface area contributed by atoms with Gasteiger partial charge in [-0.15, -0.1) is 0 Å². The molecular formula is C27H32N2O5. The van der Waals surface area contributed by atoms with Crippen LogP contribution in [0.3, 0.4) is 0 Å². The number of aryl methyl sites for hydroxylation is 1. The molecule has 0 saturated carbocycles. The average Bonchev–Trinajstić information content (AvgIpc) is 3.22. The number of aliphatic carboxylic acids is 1. The molecule has 0 amide bonds. The van der Waals surface area contributed by atoms with Gasteiger partial charge in [0.2, 0.25) is 5.89 Å². The summed E-state index contributed by atoms with van der Waals surface area (Å²) in [5, 5.41) is 17.2. The van der Waals surface area contributed by atoms with Crippen LogP contribution in [0.15, 0.2) is 59.0 Å². The Labute approximate surface area is 200 Å². The van der Waals surface area contributed by atoms with Crippen LogP contribution in [0.2, 0.25) is 0 Å². The van der Waals surface area contributed by atoms with Gasteiger partial charge in [-0.1, -0.05) is 43.7 Å². The summed E-state index contributed by atoms with van der Waals surface area (Å²) in [6.07, 6.45) is 3.02. The van der Waals surface area contributed by atoms with Gasteiger partial charge in [0.1, 0.15) is 17.6 Å². The second-order valence-electron chi connectivity index (χ2n) is 8.13. The molecule has 2 unspecified atom stereocenters. The molecule has 1 heterocycles. The lowest BCUT2D eigenvalue weighted by atomic mass is 9.94. The minimum Gasteiger partial charge on any atom is -0.493 e. The first-order valence-electron chi connectivity index (χ1n) is 11.6. The summed E-state index contributed by atoms with van der Waals surface area (Å²) in [7, 11) is 0. The molecule has 34 heavy (non-hydrogen) atoms. The first-order chi connectivity index (χ1) is 16.5. The van der Waals surface area contributed by atoms with Crippen LogP contribution in [0.25, 0.3) is 11.5 Å². The molecule has 3 aromatic rings. The highest BCUT2D eigenvalue weighted by Gasteiger charge is 2.27. The zero-order chi connectivity index (χ0) is 24.3. The van der Waals surface area contributed by atoms with Crippen molar-refractivity contribution in [2.75, 3.05) is 13.2 Å². The molecule has 2 N–H and O–H groups in total. The third-order valence-corrected chi connectivity index (χ3v) is 5.59. The normalized spacial score (nSPS) is 12.8. The summed E-state index contributed by atoms with van der Waals surface area (Å²) in [6, 6.07) is 17.1. The first-order valence-corrected chi connectivity index (χ1v) is 11.6. The van der Waals surface area contributed by atoms with Crippen LogP contribution in [0.4, 0.5) is 0 Å². The minimum atomic E-state index is -0.969. The zero-order valence-corrected chi connectivity index (χ0v) is 19.7. The van der Waals surface area contributed by atoms with Crippen LogP contribution in [-0.2, 0) is 22.4 Å². The van der Waals surface area contributed by atoms with Gasteiger partial charge in [-0.3, -0.25) is 4.79 Å². The minimum absolute atomic E-state index is 0.280. The van der Waals surface area contributed by atoms with Crippen molar-refractivity contribution in [3.8, 4) is 17.2 Å². The van der Waals surface area contributed by atoms with Crippen molar-refractivity contribution in [3.05, 3.63) is 71.6 Å². The van der Waals surface area contributed by atoms with Crippen molar-refractivity contribution in [1.29, 1.82) is 5.41 Å². The molecule has 2 atom stereocenters. The molecule has 0 aliphatic heterocycles. The fourth-order valence-corrected chi connectivity index (χ4v) is 3.59. The van der Waals surface area contributed by atoms with E-state index in [0.717, 1.165) is 41.6 Å². The molecule has 7 heteroatoms. The molecule has 3 rings (SSSR count). The van der Waals surface area contributed by atoms with Crippen molar-refractivity contribution >= 4 is 12.2 Å². The van der Waals surface area contributed by atoms with E-state index in [1.807, 2.05) is 68.4 Å². The SMILES string of the molecule is CCCCOC(C=N)C(Cc1ccc(OCCc2nc(-c3ccccc3)oc2C)cc1)C(=O)O. The Kier molecular flexibility index (Phi) is 9.40. The molecule has 0 aliphatic carbocycles. The van der Waals surface area contributed by atoms with Gasteiger partial charge in [-0.05, 0) is 49.6 Å². The number of nitrogens with one attached hydrogen (secondary N) is 1. The third kappa shape index (κ3) is 7.02. The predicted molar refractivity (Wildman–Crippen MR) is 131 cm³/mol. The number of rotatable bonds is 14.